The number of hydrogen-bond acceptors (Lipinski definition) is 4. The highest BCUT2D eigenvalue weighted by Gasteiger charge is 2.07. The molecule has 0 spiro atoms. The van der Waals surface area contributed by atoms with E-state index in [0.29, 0.717) is 19.5 Å². The molecule has 0 aliphatic heterocycles. The number of nitrogens with two attached hydrogens (primary N) is 2. The summed E-state index contributed by atoms with van der Waals surface area (Å²) < 4.78 is 21.4. The quantitative estimate of drug-likeness (QED) is 0.585. The summed E-state index contributed by atoms with van der Waals surface area (Å²) in [6.45, 7) is 0.676. The van der Waals surface area contributed by atoms with E-state index in [1.54, 1.807) is 0 Å². The third kappa shape index (κ3) is 6.32. The number of primary sulfonamides is 1. The molecule has 5 N–H and O–H groups in total. The SMILES string of the molecule is NCc1ccccc1CC(=O)NCCCS(N)(=O)=O. The van der Waals surface area contributed by atoms with Crippen LogP contribution in [0.1, 0.15) is 17.5 Å². The number of rotatable bonds is 7. The Balaban J connectivity index is 2.39. The molecule has 0 aliphatic rings. The van der Waals surface area contributed by atoms with E-state index >= 15 is 0 Å². The molecular formula is C12H19N3O3S. The molecule has 1 amide bonds. The van der Waals surface area contributed by atoms with E-state index in [1.165, 1.54) is 0 Å². The van der Waals surface area contributed by atoms with Crippen LogP contribution in [0.2, 0.25) is 0 Å². The molecule has 0 radical (unpaired) electrons. The van der Waals surface area contributed by atoms with Crippen LogP contribution < -0.4 is 16.2 Å². The molecule has 0 heterocycles. The summed E-state index contributed by atoms with van der Waals surface area (Å²) in [5, 5.41) is 7.51. The van der Waals surface area contributed by atoms with Crippen molar-refractivity contribution < 1.29 is 13.2 Å². The maximum absolute atomic E-state index is 11.7. The topological polar surface area (TPSA) is 115 Å². The van der Waals surface area contributed by atoms with Crippen LogP contribution in [0.25, 0.3) is 0 Å². The van der Waals surface area contributed by atoms with Crippen molar-refractivity contribution in [2.75, 3.05) is 12.3 Å². The van der Waals surface area contributed by atoms with Crippen molar-refractivity contribution in [2.24, 2.45) is 10.9 Å². The number of sulfonamides is 1. The molecule has 7 heteroatoms. The van der Waals surface area contributed by atoms with Crippen molar-refractivity contribution in [1.82, 2.24) is 5.32 Å². The highest BCUT2D eigenvalue weighted by Crippen LogP contribution is 2.08. The number of carbonyl (C=O) groups is 1. The van der Waals surface area contributed by atoms with E-state index in [0.717, 1.165) is 11.1 Å². The van der Waals surface area contributed by atoms with Crippen LogP contribution >= 0.6 is 0 Å². The van der Waals surface area contributed by atoms with Gasteiger partial charge in [-0.25, -0.2) is 13.6 Å². The van der Waals surface area contributed by atoms with E-state index in [1.807, 2.05) is 24.3 Å². The highest BCUT2D eigenvalue weighted by molar-refractivity contribution is 7.89. The molecule has 1 aromatic carbocycles. The standard InChI is InChI=1S/C12H19N3O3S/c13-9-11-5-2-1-4-10(11)8-12(16)15-6-3-7-19(14,17)18/h1-2,4-5H,3,6-9,13H2,(H,15,16)(H2,14,17,18). The van der Waals surface area contributed by atoms with Gasteiger partial charge in [0.05, 0.1) is 12.2 Å². The third-order valence-corrected chi connectivity index (χ3v) is 3.47. The normalized spacial score (nSPS) is 11.3. The predicted octanol–water partition coefficient (Wildman–Crippen LogP) is -0.517. The Morgan fingerprint density at radius 2 is 1.84 bits per heavy atom. The monoisotopic (exact) mass is 285 g/mol. The van der Waals surface area contributed by atoms with Gasteiger partial charge in [0.25, 0.3) is 0 Å². The molecule has 0 atom stereocenters. The Morgan fingerprint density at radius 3 is 2.42 bits per heavy atom. The summed E-state index contributed by atoms with van der Waals surface area (Å²) in [6, 6.07) is 7.45. The van der Waals surface area contributed by atoms with Gasteiger partial charge in [-0.1, -0.05) is 24.3 Å². The second-order valence-corrected chi connectivity index (χ2v) is 5.95. The van der Waals surface area contributed by atoms with Gasteiger partial charge in [-0.2, -0.15) is 0 Å². The van der Waals surface area contributed by atoms with E-state index in [4.69, 9.17) is 10.9 Å². The highest BCUT2D eigenvalue weighted by atomic mass is 32.2. The van der Waals surface area contributed by atoms with Crippen molar-refractivity contribution in [3.05, 3.63) is 35.4 Å². The maximum Gasteiger partial charge on any atom is 0.224 e. The number of amides is 1. The lowest BCUT2D eigenvalue weighted by atomic mass is 10.0. The van der Waals surface area contributed by atoms with Crippen molar-refractivity contribution in [3.8, 4) is 0 Å². The summed E-state index contributed by atoms with van der Waals surface area (Å²) in [5.74, 6) is -0.289. The van der Waals surface area contributed by atoms with Gasteiger partial charge in [0.15, 0.2) is 0 Å². The van der Waals surface area contributed by atoms with Crippen molar-refractivity contribution in [3.63, 3.8) is 0 Å². The zero-order valence-electron chi connectivity index (χ0n) is 10.6. The maximum atomic E-state index is 11.7. The van der Waals surface area contributed by atoms with Gasteiger partial charge in [-0.05, 0) is 17.5 Å². The molecule has 0 fully saturated rings. The Morgan fingerprint density at radius 1 is 1.21 bits per heavy atom. The van der Waals surface area contributed by atoms with Crippen LogP contribution in [-0.2, 0) is 27.8 Å². The fourth-order valence-electron chi connectivity index (χ4n) is 1.67. The summed E-state index contributed by atoms with van der Waals surface area (Å²) in [4.78, 5) is 11.7. The summed E-state index contributed by atoms with van der Waals surface area (Å²) in [5.41, 5.74) is 7.40. The van der Waals surface area contributed by atoms with Gasteiger partial charge in [-0.15, -0.1) is 0 Å². The van der Waals surface area contributed by atoms with Crippen molar-refractivity contribution in [2.45, 2.75) is 19.4 Å². The minimum Gasteiger partial charge on any atom is -0.356 e. The summed E-state index contributed by atoms with van der Waals surface area (Å²) in [6.07, 6.45) is 0.547. The number of carbonyl (C=O) groups excluding carboxylic acids is 1. The van der Waals surface area contributed by atoms with E-state index in [9.17, 15) is 13.2 Å². The van der Waals surface area contributed by atoms with Gasteiger partial charge in [-0.3, -0.25) is 4.79 Å². The van der Waals surface area contributed by atoms with E-state index in [-0.39, 0.29) is 18.1 Å². The smallest absolute Gasteiger partial charge is 0.224 e. The molecule has 19 heavy (non-hydrogen) atoms. The molecule has 106 valence electrons. The average molecular weight is 285 g/mol. The van der Waals surface area contributed by atoms with Gasteiger partial charge in [0.2, 0.25) is 15.9 Å². The average Bonchev–Trinajstić information content (AvgIpc) is 2.34. The predicted molar refractivity (Wildman–Crippen MR) is 73.6 cm³/mol. The molecular weight excluding hydrogens is 266 g/mol. The van der Waals surface area contributed by atoms with Crippen LogP contribution in [0.3, 0.4) is 0 Å². The lowest BCUT2D eigenvalue weighted by molar-refractivity contribution is -0.120. The van der Waals surface area contributed by atoms with Crippen LogP contribution in [0.15, 0.2) is 24.3 Å². The lowest BCUT2D eigenvalue weighted by Crippen LogP contribution is -2.28. The number of benzene rings is 1. The Labute approximate surface area is 113 Å². The molecule has 0 aliphatic carbocycles. The fourth-order valence-corrected chi connectivity index (χ4v) is 2.21. The second kappa shape index (κ2) is 7.22. The Hall–Kier alpha value is -1.44. The molecule has 1 rings (SSSR count). The van der Waals surface area contributed by atoms with Crippen LogP contribution in [0, 0.1) is 0 Å². The van der Waals surface area contributed by atoms with Crippen LogP contribution in [0.4, 0.5) is 0 Å². The Bertz CT molecular complexity index is 529. The first-order valence-corrected chi connectivity index (χ1v) is 7.68. The number of hydrogen-bond donors (Lipinski definition) is 3. The largest absolute Gasteiger partial charge is 0.356 e. The number of nitrogens with one attached hydrogen (secondary N) is 1. The van der Waals surface area contributed by atoms with Crippen LogP contribution in [-0.4, -0.2) is 26.6 Å². The van der Waals surface area contributed by atoms with E-state index < -0.39 is 10.0 Å². The second-order valence-electron chi connectivity index (χ2n) is 4.22. The molecule has 1 aromatic rings. The minimum atomic E-state index is -3.46. The van der Waals surface area contributed by atoms with Gasteiger partial charge >= 0.3 is 0 Å². The van der Waals surface area contributed by atoms with Gasteiger partial charge < -0.3 is 11.1 Å². The molecule has 0 aromatic heterocycles. The molecule has 0 bridgehead atoms. The summed E-state index contributed by atoms with van der Waals surface area (Å²) >= 11 is 0. The molecule has 0 saturated carbocycles. The molecule has 6 nitrogen and oxygen atoms in total. The molecule has 0 saturated heterocycles. The zero-order chi connectivity index (χ0) is 14.3. The zero-order valence-corrected chi connectivity index (χ0v) is 11.4. The first-order valence-electron chi connectivity index (χ1n) is 5.96. The van der Waals surface area contributed by atoms with Crippen molar-refractivity contribution >= 4 is 15.9 Å². The summed E-state index contributed by atoms with van der Waals surface area (Å²) in [7, 11) is -3.46. The van der Waals surface area contributed by atoms with Gasteiger partial charge in [0.1, 0.15) is 0 Å². The Kier molecular flexibility index (Phi) is 5.94. The first-order chi connectivity index (χ1) is 8.92. The third-order valence-electron chi connectivity index (χ3n) is 2.62. The van der Waals surface area contributed by atoms with E-state index in [2.05, 4.69) is 5.32 Å². The molecule has 0 unspecified atom stereocenters. The first kappa shape index (κ1) is 15.6. The fraction of sp³-hybridized carbons (Fsp3) is 0.417. The minimum absolute atomic E-state index is 0.132. The van der Waals surface area contributed by atoms with Crippen molar-refractivity contribution in [1.29, 1.82) is 0 Å². The van der Waals surface area contributed by atoms with Crippen LogP contribution in [0.5, 0.6) is 0 Å². The van der Waals surface area contributed by atoms with Gasteiger partial charge in [0, 0.05) is 13.1 Å². The lowest BCUT2D eigenvalue weighted by Gasteiger charge is -2.08.